The molecule has 0 aliphatic rings. The predicted octanol–water partition coefficient (Wildman–Crippen LogP) is 3.88. The van der Waals surface area contributed by atoms with Gasteiger partial charge in [0.15, 0.2) is 0 Å². The Labute approximate surface area is 134 Å². The highest BCUT2D eigenvalue weighted by Gasteiger charge is 2.13. The number of carbonyl (C=O) groups excluding carboxylic acids is 2. The molecule has 0 N–H and O–H groups in total. The maximum atomic E-state index is 11.8. The monoisotopic (exact) mass is 312 g/mol. The summed E-state index contributed by atoms with van der Waals surface area (Å²) in [7, 11) is 0. The van der Waals surface area contributed by atoms with Gasteiger partial charge in [0.05, 0.1) is 0 Å². The Hall–Kier alpha value is -3.08. The second-order valence-electron chi connectivity index (χ2n) is 4.73. The van der Waals surface area contributed by atoms with Crippen LogP contribution in [0, 0.1) is 0 Å². The molecule has 0 aliphatic carbocycles. The van der Waals surface area contributed by atoms with Crippen LogP contribution in [0.3, 0.4) is 0 Å². The van der Waals surface area contributed by atoms with Crippen molar-refractivity contribution in [2.45, 2.75) is 13.5 Å². The van der Waals surface area contributed by atoms with Crippen molar-refractivity contribution >= 4 is 12.1 Å². The van der Waals surface area contributed by atoms with Crippen molar-refractivity contribution < 1.29 is 23.8 Å². The smallest absolute Gasteiger partial charge is 0.457 e. The Kier molecular flexibility index (Phi) is 5.52. The average Bonchev–Trinajstić information content (AvgIpc) is 2.54. The van der Waals surface area contributed by atoms with Gasteiger partial charge in [0, 0.05) is 11.1 Å². The highest BCUT2D eigenvalue weighted by atomic mass is 16.7. The summed E-state index contributed by atoms with van der Waals surface area (Å²) in [6.45, 7) is 5.04. The largest absolute Gasteiger partial charge is 0.519 e. The Balaban J connectivity index is 2.01. The molecule has 0 aliphatic heterocycles. The Bertz CT molecular complexity index is 706. The fourth-order valence-electron chi connectivity index (χ4n) is 1.68. The van der Waals surface area contributed by atoms with Crippen LogP contribution in [-0.2, 0) is 16.1 Å². The van der Waals surface area contributed by atoms with Crippen molar-refractivity contribution in [1.29, 1.82) is 0 Å². The Morgan fingerprint density at radius 2 is 1.61 bits per heavy atom. The summed E-state index contributed by atoms with van der Waals surface area (Å²) >= 11 is 0. The average molecular weight is 312 g/mol. The van der Waals surface area contributed by atoms with Gasteiger partial charge in [0.25, 0.3) is 0 Å². The van der Waals surface area contributed by atoms with E-state index < -0.39 is 12.1 Å². The minimum Gasteiger partial charge on any atom is -0.457 e. The summed E-state index contributed by atoms with van der Waals surface area (Å²) in [4.78, 5) is 23.3. The molecule has 0 radical (unpaired) electrons. The van der Waals surface area contributed by atoms with Crippen LogP contribution < -0.4 is 9.47 Å². The third-order valence-corrected chi connectivity index (χ3v) is 2.82. The van der Waals surface area contributed by atoms with Gasteiger partial charge < -0.3 is 14.2 Å². The lowest BCUT2D eigenvalue weighted by Gasteiger charge is -2.10. The zero-order chi connectivity index (χ0) is 16.7. The molecule has 0 amide bonds. The van der Waals surface area contributed by atoms with Gasteiger partial charge in [-0.2, -0.15) is 0 Å². The van der Waals surface area contributed by atoms with Gasteiger partial charge in [0.2, 0.25) is 0 Å². The van der Waals surface area contributed by atoms with E-state index in [0.29, 0.717) is 16.9 Å². The predicted molar refractivity (Wildman–Crippen MR) is 84.1 cm³/mol. The molecule has 0 fully saturated rings. The fourth-order valence-corrected chi connectivity index (χ4v) is 1.68. The van der Waals surface area contributed by atoms with Crippen LogP contribution >= 0.6 is 0 Å². The molecule has 23 heavy (non-hydrogen) atoms. The summed E-state index contributed by atoms with van der Waals surface area (Å²) in [6.07, 6.45) is -0.866. The summed E-state index contributed by atoms with van der Waals surface area (Å²) in [5.74, 6) is 0.137. The second-order valence-corrected chi connectivity index (χ2v) is 4.73. The zero-order valence-electron chi connectivity index (χ0n) is 12.7. The first-order valence-electron chi connectivity index (χ1n) is 6.91. The normalized spacial score (nSPS) is 9.78. The van der Waals surface area contributed by atoms with Crippen molar-refractivity contribution in [3.8, 4) is 11.5 Å². The van der Waals surface area contributed by atoms with Crippen molar-refractivity contribution in [2.24, 2.45) is 0 Å². The van der Waals surface area contributed by atoms with Crippen molar-refractivity contribution in [3.63, 3.8) is 0 Å². The second kappa shape index (κ2) is 7.79. The number of para-hydroxylation sites is 2. The SMILES string of the molecule is C=C(C)C(=O)OCc1ccccc1OC(=O)Oc1ccccc1. The van der Waals surface area contributed by atoms with E-state index in [1.807, 2.05) is 6.07 Å². The van der Waals surface area contributed by atoms with E-state index in [2.05, 4.69) is 6.58 Å². The number of benzene rings is 2. The van der Waals surface area contributed by atoms with Gasteiger partial charge in [-0.15, -0.1) is 0 Å². The van der Waals surface area contributed by atoms with E-state index in [9.17, 15) is 9.59 Å². The first kappa shape index (κ1) is 16.3. The van der Waals surface area contributed by atoms with E-state index in [4.69, 9.17) is 14.2 Å². The maximum Gasteiger partial charge on any atom is 0.519 e. The van der Waals surface area contributed by atoms with Crippen LogP contribution in [0.2, 0.25) is 0 Å². The highest BCUT2D eigenvalue weighted by Crippen LogP contribution is 2.20. The number of hydrogen-bond donors (Lipinski definition) is 0. The Morgan fingerprint density at radius 1 is 0.957 bits per heavy atom. The standard InChI is InChI=1S/C18H16O5/c1-13(2)17(19)21-12-14-8-6-7-11-16(14)23-18(20)22-15-9-4-3-5-10-15/h3-11H,1,12H2,2H3. The third-order valence-electron chi connectivity index (χ3n) is 2.82. The molecule has 0 unspecified atom stereocenters. The minimum absolute atomic E-state index is 0.0273. The van der Waals surface area contributed by atoms with Gasteiger partial charge >= 0.3 is 12.1 Å². The van der Waals surface area contributed by atoms with Crippen LogP contribution in [-0.4, -0.2) is 12.1 Å². The van der Waals surface area contributed by atoms with Crippen molar-refractivity contribution in [2.75, 3.05) is 0 Å². The van der Waals surface area contributed by atoms with E-state index in [-0.39, 0.29) is 12.4 Å². The molecular formula is C18H16O5. The number of carbonyl (C=O) groups is 2. The molecule has 2 aromatic carbocycles. The maximum absolute atomic E-state index is 11.8. The van der Waals surface area contributed by atoms with E-state index in [1.54, 1.807) is 55.5 Å². The van der Waals surface area contributed by atoms with Crippen LogP contribution in [0.4, 0.5) is 4.79 Å². The van der Waals surface area contributed by atoms with E-state index >= 15 is 0 Å². The molecule has 5 nitrogen and oxygen atoms in total. The Morgan fingerprint density at radius 3 is 2.30 bits per heavy atom. The molecule has 0 spiro atoms. The number of hydrogen-bond acceptors (Lipinski definition) is 5. The lowest BCUT2D eigenvalue weighted by Crippen LogP contribution is -2.15. The number of rotatable bonds is 5. The molecule has 0 bridgehead atoms. The molecule has 5 heteroatoms. The molecule has 118 valence electrons. The van der Waals surface area contributed by atoms with Gasteiger partial charge in [-0.1, -0.05) is 43.0 Å². The molecule has 2 aromatic rings. The lowest BCUT2D eigenvalue weighted by molar-refractivity contribution is -0.140. The van der Waals surface area contributed by atoms with Crippen molar-refractivity contribution in [1.82, 2.24) is 0 Å². The highest BCUT2D eigenvalue weighted by molar-refractivity contribution is 5.86. The third kappa shape index (κ3) is 5.00. The molecule has 0 saturated carbocycles. The van der Waals surface area contributed by atoms with Gasteiger partial charge in [0.1, 0.15) is 18.1 Å². The van der Waals surface area contributed by atoms with Crippen LogP contribution in [0.15, 0.2) is 66.7 Å². The summed E-state index contributed by atoms with van der Waals surface area (Å²) < 4.78 is 15.3. The van der Waals surface area contributed by atoms with Gasteiger partial charge in [-0.3, -0.25) is 0 Å². The lowest BCUT2D eigenvalue weighted by atomic mass is 10.2. The van der Waals surface area contributed by atoms with Gasteiger partial charge in [-0.05, 0) is 25.1 Å². The first-order chi connectivity index (χ1) is 11.1. The number of ether oxygens (including phenoxy) is 3. The summed E-state index contributed by atoms with van der Waals surface area (Å²) in [6, 6.07) is 15.3. The number of esters is 1. The molecule has 0 saturated heterocycles. The molecule has 0 atom stereocenters. The van der Waals surface area contributed by atoms with E-state index in [0.717, 1.165) is 0 Å². The van der Waals surface area contributed by atoms with Crippen LogP contribution in [0.5, 0.6) is 11.5 Å². The molecule has 0 heterocycles. The van der Waals surface area contributed by atoms with Crippen LogP contribution in [0.25, 0.3) is 0 Å². The quantitative estimate of drug-likeness (QED) is 0.476. The minimum atomic E-state index is -0.866. The summed E-state index contributed by atoms with van der Waals surface area (Å²) in [5.41, 5.74) is 0.846. The van der Waals surface area contributed by atoms with Crippen molar-refractivity contribution in [3.05, 3.63) is 72.3 Å². The summed E-state index contributed by atoms with van der Waals surface area (Å²) in [5, 5.41) is 0. The van der Waals surface area contributed by atoms with E-state index in [1.165, 1.54) is 0 Å². The van der Waals surface area contributed by atoms with Gasteiger partial charge in [-0.25, -0.2) is 9.59 Å². The topological polar surface area (TPSA) is 61.8 Å². The molecule has 2 rings (SSSR count). The molecular weight excluding hydrogens is 296 g/mol. The molecule has 0 aromatic heterocycles. The zero-order valence-corrected chi connectivity index (χ0v) is 12.7. The van der Waals surface area contributed by atoms with Crippen LogP contribution in [0.1, 0.15) is 12.5 Å². The fraction of sp³-hybridized carbons (Fsp3) is 0.111. The first-order valence-corrected chi connectivity index (χ1v) is 6.91.